The van der Waals surface area contributed by atoms with Crippen LogP contribution in [0.1, 0.15) is 22.3 Å². The summed E-state index contributed by atoms with van der Waals surface area (Å²) in [6, 6.07) is 24.3. The van der Waals surface area contributed by atoms with Gasteiger partial charge in [0.05, 0.1) is 4.75 Å². The van der Waals surface area contributed by atoms with Crippen molar-refractivity contribution in [2.75, 3.05) is 5.75 Å². The second-order valence-electron chi connectivity index (χ2n) is 6.90. The van der Waals surface area contributed by atoms with E-state index in [1.54, 1.807) is 11.8 Å². The largest absolute Gasteiger partial charge is 0.480 e. The summed E-state index contributed by atoms with van der Waals surface area (Å²) in [5.74, 6) is -0.646. The first kappa shape index (κ1) is 17.8. The lowest BCUT2D eigenvalue weighted by atomic mass is 9.87. The smallest absolute Gasteiger partial charge is 0.321 e. The Morgan fingerprint density at radius 2 is 1.59 bits per heavy atom. The van der Waals surface area contributed by atoms with Gasteiger partial charge in [-0.1, -0.05) is 78.4 Å². The van der Waals surface area contributed by atoms with Crippen molar-refractivity contribution in [2.24, 2.45) is 5.73 Å². The van der Waals surface area contributed by atoms with Crippen molar-refractivity contribution in [3.8, 4) is 11.1 Å². The van der Waals surface area contributed by atoms with Gasteiger partial charge in [0.15, 0.2) is 0 Å². The number of rotatable bonds is 5. The van der Waals surface area contributed by atoms with Gasteiger partial charge >= 0.3 is 5.97 Å². The number of nitrogens with two attached hydrogens (primary N) is 1. The fourth-order valence-corrected chi connectivity index (χ4v) is 5.43. The zero-order valence-corrected chi connectivity index (χ0v) is 15.9. The number of benzene rings is 3. The molecule has 3 nitrogen and oxygen atoms in total. The Labute approximate surface area is 163 Å². The minimum absolute atomic E-state index is 0.325. The molecule has 0 unspecified atom stereocenters. The third-order valence-electron chi connectivity index (χ3n) is 5.12. The highest BCUT2D eigenvalue weighted by Crippen LogP contribution is 2.58. The molecule has 0 fully saturated rings. The first-order chi connectivity index (χ1) is 13.0. The molecule has 0 radical (unpaired) electrons. The van der Waals surface area contributed by atoms with Gasteiger partial charge in [0, 0.05) is 5.75 Å². The first-order valence-corrected chi connectivity index (χ1v) is 9.91. The molecule has 1 atom stereocenters. The van der Waals surface area contributed by atoms with E-state index in [1.807, 2.05) is 12.1 Å². The van der Waals surface area contributed by atoms with Gasteiger partial charge in [0.1, 0.15) is 6.04 Å². The van der Waals surface area contributed by atoms with Crippen LogP contribution in [0.4, 0.5) is 0 Å². The first-order valence-electron chi connectivity index (χ1n) is 8.93. The zero-order valence-electron chi connectivity index (χ0n) is 15.1. The molecule has 0 saturated heterocycles. The summed E-state index contributed by atoms with van der Waals surface area (Å²) in [7, 11) is 0. The molecule has 3 aromatic rings. The van der Waals surface area contributed by atoms with E-state index in [9.17, 15) is 9.90 Å². The molecule has 1 aliphatic rings. The van der Waals surface area contributed by atoms with Crippen LogP contribution in [0, 0.1) is 6.92 Å². The molecule has 0 bridgehead atoms. The molecular formula is C23H21NO2S. The molecule has 27 heavy (non-hydrogen) atoms. The SMILES string of the molecule is Cc1cccc(C2(SC[C@@H](N)C(=O)O)c3ccccc3-c3ccccc32)c1. The number of fused-ring (bicyclic) bond motifs is 3. The van der Waals surface area contributed by atoms with E-state index in [1.165, 1.54) is 27.8 Å². The summed E-state index contributed by atoms with van der Waals surface area (Å²) >= 11 is 1.61. The lowest BCUT2D eigenvalue weighted by Crippen LogP contribution is -2.35. The Hall–Kier alpha value is -2.56. The van der Waals surface area contributed by atoms with Gasteiger partial charge in [-0.2, -0.15) is 0 Å². The number of aryl methyl sites for hydroxylation is 1. The normalized spacial score (nSPS) is 15.0. The lowest BCUT2D eigenvalue weighted by molar-refractivity contribution is -0.137. The van der Waals surface area contributed by atoms with Crippen molar-refractivity contribution >= 4 is 17.7 Å². The van der Waals surface area contributed by atoms with Gasteiger partial charge in [0.2, 0.25) is 0 Å². The Morgan fingerprint density at radius 1 is 1.00 bits per heavy atom. The molecule has 1 aliphatic carbocycles. The van der Waals surface area contributed by atoms with Crippen LogP contribution >= 0.6 is 11.8 Å². The monoisotopic (exact) mass is 375 g/mol. The number of aliphatic carboxylic acids is 1. The average molecular weight is 375 g/mol. The summed E-state index contributed by atoms with van der Waals surface area (Å²) < 4.78 is -0.466. The van der Waals surface area contributed by atoms with E-state index in [2.05, 4.69) is 67.6 Å². The average Bonchev–Trinajstić information content (AvgIpc) is 2.97. The molecule has 4 heteroatoms. The van der Waals surface area contributed by atoms with Crippen molar-refractivity contribution in [2.45, 2.75) is 17.7 Å². The predicted molar refractivity (Wildman–Crippen MR) is 111 cm³/mol. The molecule has 0 amide bonds. The Kier molecular flexibility index (Phi) is 4.54. The van der Waals surface area contributed by atoms with Crippen molar-refractivity contribution in [1.29, 1.82) is 0 Å². The fourth-order valence-electron chi connectivity index (χ4n) is 3.90. The standard InChI is InChI=1S/C23H21NO2S/c1-15-7-6-8-16(13-15)23(27-14-21(24)22(25)26)19-11-4-2-9-17(19)18-10-3-5-12-20(18)23/h2-13,21H,14,24H2,1H3,(H,25,26)/t21-/m1/s1. The van der Waals surface area contributed by atoms with E-state index in [-0.39, 0.29) is 0 Å². The van der Waals surface area contributed by atoms with E-state index in [0.717, 1.165) is 5.56 Å². The summed E-state index contributed by atoms with van der Waals surface area (Å²) in [4.78, 5) is 11.4. The highest BCUT2D eigenvalue weighted by atomic mass is 32.2. The fraction of sp³-hybridized carbons (Fsp3) is 0.174. The topological polar surface area (TPSA) is 63.3 Å². The summed E-state index contributed by atoms with van der Waals surface area (Å²) in [6.07, 6.45) is 0. The molecule has 0 aliphatic heterocycles. The molecule has 0 heterocycles. The van der Waals surface area contributed by atoms with Crippen LogP contribution in [-0.4, -0.2) is 22.9 Å². The highest BCUT2D eigenvalue weighted by Gasteiger charge is 2.45. The van der Waals surface area contributed by atoms with Gasteiger partial charge < -0.3 is 10.8 Å². The predicted octanol–water partition coefficient (Wildman–Crippen LogP) is 4.41. The summed E-state index contributed by atoms with van der Waals surface area (Å²) in [5.41, 5.74) is 13.0. The van der Waals surface area contributed by atoms with E-state index >= 15 is 0 Å². The number of carboxylic acids is 1. The Morgan fingerprint density at radius 3 is 2.15 bits per heavy atom. The van der Waals surface area contributed by atoms with Crippen molar-refractivity contribution in [3.63, 3.8) is 0 Å². The van der Waals surface area contributed by atoms with E-state index in [4.69, 9.17) is 5.73 Å². The van der Waals surface area contributed by atoms with Crippen LogP contribution in [0.5, 0.6) is 0 Å². The van der Waals surface area contributed by atoms with Gasteiger partial charge in [-0.3, -0.25) is 4.79 Å². The maximum Gasteiger partial charge on any atom is 0.321 e. The molecular weight excluding hydrogens is 354 g/mol. The maximum absolute atomic E-state index is 11.4. The van der Waals surface area contributed by atoms with Gasteiger partial charge in [-0.15, -0.1) is 11.8 Å². The van der Waals surface area contributed by atoms with E-state index in [0.29, 0.717) is 5.75 Å². The number of hydrogen-bond donors (Lipinski definition) is 2. The van der Waals surface area contributed by atoms with Crippen molar-refractivity contribution < 1.29 is 9.90 Å². The Balaban J connectivity index is 1.97. The van der Waals surface area contributed by atoms with Crippen LogP contribution in [0.3, 0.4) is 0 Å². The van der Waals surface area contributed by atoms with Crippen molar-refractivity contribution in [1.82, 2.24) is 0 Å². The van der Waals surface area contributed by atoms with Crippen LogP contribution in [0.25, 0.3) is 11.1 Å². The maximum atomic E-state index is 11.4. The molecule has 3 N–H and O–H groups in total. The van der Waals surface area contributed by atoms with Gasteiger partial charge in [0.25, 0.3) is 0 Å². The third-order valence-corrected chi connectivity index (χ3v) is 6.76. The van der Waals surface area contributed by atoms with E-state index < -0.39 is 16.8 Å². The van der Waals surface area contributed by atoms with Crippen LogP contribution < -0.4 is 5.73 Å². The van der Waals surface area contributed by atoms with Crippen molar-refractivity contribution in [3.05, 3.63) is 95.1 Å². The minimum Gasteiger partial charge on any atom is -0.480 e. The highest BCUT2D eigenvalue weighted by molar-refractivity contribution is 8.00. The van der Waals surface area contributed by atoms with Crippen LogP contribution in [-0.2, 0) is 9.54 Å². The van der Waals surface area contributed by atoms with Gasteiger partial charge in [-0.05, 0) is 34.7 Å². The van der Waals surface area contributed by atoms with Gasteiger partial charge in [-0.25, -0.2) is 0 Å². The molecule has 0 saturated carbocycles. The number of carboxylic acid groups (broad SMARTS) is 1. The zero-order chi connectivity index (χ0) is 19.0. The third kappa shape index (κ3) is 2.85. The molecule has 3 aromatic carbocycles. The minimum atomic E-state index is -0.971. The van der Waals surface area contributed by atoms with Crippen LogP contribution in [0.15, 0.2) is 72.8 Å². The second kappa shape index (κ2) is 6.87. The summed E-state index contributed by atoms with van der Waals surface area (Å²) in [5, 5.41) is 9.31. The number of hydrogen-bond acceptors (Lipinski definition) is 3. The van der Waals surface area contributed by atoms with Crippen LogP contribution in [0.2, 0.25) is 0 Å². The number of carbonyl (C=O) groups is 1. The quantitative estimate of drug-likeness (QED) is 0.693. The summed E-state index contributed by atoms with van der Waals surface area (Å²) in [6.45, 7) is 2.08. The molecule has 4 rings (SSSR count). The molecule has 0 spiro atoms. The lowest BCUT2D eigenvalue weighted by Gasteiger charge is -2.33. The molecule has 0 aromatic heterocycles. The second-order valence-corrected chi connectivity index (χ2v) is 8.13. The number of thioether (sulfide) groups is 1. The Bertz CT molecular complexity index is 969. The molecule has 136 valence electrons.